The third-order valence-corrected chi connectivity index (χ3v) is 4.84. The van der Waals surface area contributed by atoms with Crippen molar-refractivity contribution in [3.8, 4) is 0 Å². The van der Waals surface area contributed by atoms with Crippen LogP contribution in [-0.4, -0.2) is 35.3 Å². The van der Waals surface area contributed by atoms with Gasteiger partial charge in [-0.3, -0.25) is 0 Å². The minimum atomic E-state index is -2.69. The van der Waals surface area contributed by atoms with E-state index < -0.39 is 41.2 Å². The lowest BCUT2D eigenvalue weighted by atomic mass is 9.76. The highest BCUT2D eigenvalue weighted by Gasteiger charge is 2.72. The Morgan fingerprint density at radius 2 is 1.88 bits per heavy atom. The van der Waals surface area contributed by atoms with Crippen LogP contribution in [0.15, 0.2) is 30.3 Å². The molecule has 1 N–H and O–H groups in total. The standard InChI is InChI=1S/C18H22F2O4/c1-16(2,3)15-23-14(22)18(24-15,11-7-5-4-6-8-11)17(20)10-9-12(21)13(17)19/h4-8,12-13,15,21H,9-10H2,1-3H3/t12?,13?,15-,17+,18+/m0/s1. The molecule has 2 fully saturated rings. The maximum absolute atomic E-state index is 15.9. The highest BCUT2D eigenvalue weighted by molar-refractivity contribution is 5.85. The molecule has 2 unspecified atom stereocenters. The Kier molecular flexibility index (Phi) is 3.96. The molecule has 1 heterocycles. The van der Waals surface area contributed by atoms with Gasteiger partial charge in [-0.15, -0.1) is 0 Å². The van der Waals surface area contributed by atoms with Gasteiger partial charge in [0.1, 0.15) is 0 Å². The number of ether oxygens (including phenoxy) is 2. The molecule has 0 spiro atoms. The molecule has 1 saturated heterocycles. The van der Waals surface area contributed by atoms with Crippen LogP contribution < -0.4 is 0 Å². The first-order valence-corrected chi connectivity index (χ1v) is 8.08. The zero-order valence-electron chi connectivity index (χ0n) is 14.0. The first-order valence-electron chi connectivity index (χ1n) is 8.08. The molecule has 0 amide bonds. The van der Waals surface area contributed by atoms with Gasteiger partial charge in [0, 0.05) is 5.41 Å². The number of hydrogen-bond donors (Lipinski definition) is 1. The van der Waals surface area contributed by atoms with E-state index in [9.17, 15) is 14.3 Å². The van der Waals surface area contributed by atoms with Crippen LogP contribution in [-0.2, 0) is 19.9 Å². The normalized spacial score (nSPS) is 39.9. The summed E-state index contributed by atoms with van der Waals surface area (Å²) in [6.07, 6.45) is -5.12. The number of carbonyl (C=O) groups is 1. The summed E-state index contributed by atoms with van der Waals surface area (Å²) in [7, 11) is 0. The lowest BCUT2D eigenvalue weighted by molar-refractivity contribution is -0.200. The first kappa shape index (κ1) is 17.3. The summed E-state index contributed by atoms with van der Waals surface area (Å²) in [5.74, 6) is -0.951. The lowest BCUT2D eigenvalue weighted by Crippen LogP contribution is -2.57. The molecule has 0 bridgehead atoms. The van der Waals surface area contributed by atoms with Crippen LogP contribution in [0.5, 0.6) is 0 Å². The van der Waals surface area contributed by atoms with E-state index in [0.717, 1.165) is 0 Å². The molecule has 1 aliphatic heterocycles. The number of aliphatic hydroxyl groups is 1. The molecule has 1 aromatic rings. The Balaban J connectivity index is 2.16. The Morgan fingerprint density at radius 1 is 1.25 bits per heavy atom. The molecule has 0 aromatic heterocycles. The van der Waals surface area contributed by atoms with Crippen molar-refractivity contribution >= 4 is 5.97 Å². The van der Waals surface area contributed by atoms with Crippen LogP contribution in [0.2, 0.25) is 0 Å². The Hall–Kier alpha value is -1.53. The van der Waals surface area contributed by atoms with Crippen LogP contribution in [0.3, 0.4) is 0 Å². The summed E-state index contributed by atoms with van der Waals surface area (Å²) >= 11 is 0. The van der Waals surface area contributed by atoms with E-state index in [1.807, 2.05) is 0 Å². The smallest absolute Gasteiger partial charge is 0.349 e. The lowest BCUT2D eigenvalue weighted by Gasteiger charge is -2.38. The molecule has 3 rings (SSSR count). The second-order valence-corrected chi connectivity index (χ2v) is 7.64. The molecular weight excluding hydrogens is 318 g/mol. The van der Waals surface area contributed by atoms with Gasteiger partial charge in [0.05, 0.1) is 6.10 Å². The molecule has 2 aliphatic rings. The summed E-state index contributed by atoms with van der Waals surface area (Å²) in [5, 5.41) is 9.74. The molecule has 5 atom stereocenters. The quantitative estimate of drug-likeness (QED) is 0.841. The van der Waals surface area contributed by atoms with Crippen molar-refractivity contribution in [2.75, 3.05) is 0 Å². The largest absolute Gasteiger partial charge is 0.433 e. The number of rotatable bonds is 2. The third-order valence-electron chi connectivity index (χ3n) is 4.84. The number of alkyl halides is 2. The number of esters is 1. The predicted octanol–water partition coefficient (Wildman–Crippen LogP) is 3.03. The number of aliphatic hydroxyl groups excluding tert-OH is 1. The fraction of sp³-hybridized carbons (Fsp3) is 0.611. The molecule has 6 heteroatoms. The van der Waals surface area contributed by atoms with Crippen molar-refractivity contribution in [1.82, 2.24) is 0 Å². The summed E-state index contributed by atoms with van der Waals surface area (Å²) in [6, 6.07) is 8.00. The highest BCUT2D eigenvalue weighted by atomic mass is 19.2. The van der Waals surface area contributed by atoms with Crippen molar-refractivity contribution in [2.45, 2.75) is 63.4 Å². The van der Waals surface area contributed by atoms with Crippen molar-refractivity contribution in [2.24, 2.45) is 5.41 Å². The summed E-state index contributed by atoms with van der Waals surface area (Å²) in [4.78, 5) is 12.8. The number of carbonyl (C=O) groups excluding carboxylic acids is 1. The highest BCUT2D eigenvalue weighted by Crippen LogP contribution is 2.55. The van der Waals surface area contributed by atoms with Gasteiger partial charge in [-0.2, -0.15) is 0 Å². The van der Waals surface area contributed by atoms with Gasteiger partial charge in [-0.1, -0.05) is 51.1 Å². The molecule has 132 valence electrons. The van der Waals surface area contributed by atoms with Gasteiger partial charge < -0.3 is 14.6 Å². The first-order chi connectivity index (χ1) is 11.1. The zero-order valence-corrected chi connectivity index (χ0v) is 14.0. The van der Waals surface area contributed by atoms with Gasteiger partial charge in [0.2, 0.25) is 11.9 Å². The molecule has 0 radical (unpaired) electrons. The Bertz CT molecular complexity index is 630. The van der Waals surface area contributed by atoms with E-state index in [2.05, 4.69) is 0 Å². The second kappa shape index (κ2) is 5.49. The fourth-order valence-corrected chi connectivity index (χ4v) is 3.45. The van der Waals surface area contributed by atoms with E-state index in [0.29, 0.717) is 0 Å². The average molecular weight is 340 g/mol. The molecule has 4 nitrogen and oxygen atoms in total. The van der Waals surface area contributed by atoms with Crippen molar-refractivity contribution in [3.05, 3.63) is 35.9 Å². The van der Waals surface area contributed by atoms with Crippen LogP contribution in [0.25, 0.3) is 0 Å². The van der Waals surface area contributed by atoms with E-state index in [-0.39, 0.29) is 18.4 Å². The number of halogens is 2. The van der Waals surface area contributed by atoms with Crippen LogP contribution >= 0.6 is 0 Å². The van der Waals surface area contributed by atoms with Crippen molar-refractivity contribution < 1.29 is 28.2 Å². The number of hydrogen-bond acceptors (Lipinski definition) is 4. The fourth-order valence-electron chi connectivity index (χ4n) is 3.45. The number of cyclic esters (lactones) is 1. The minimum Gasteiger partial charge on any atom is -0.433 e. The molecule has 1 saturated carbocycles. The van der Waals surface area contributed by atoms with Crippen molar-refractivity contribution in [1.29, 1.82) is 0 Å². The Labute approximate surface area is 139 Å². The molecule has 1 aromatic carbocycles. The predicted molar refractivity (Wildman–Crippen MR) is 82.5 cm³/mol. The van der Waals surface area contributed by atoms with E-state index >= 15 is 4.39 Å². The van der Waals surface area contributed by atoms with Crippen LogP contribution in [0.4, 0.5) is 8.78 Å². The van der Waals surface area contributed by atoms with E-state index in [1.165, 1.54) is 12.1 Å². The van der Waals surface area contributed by atoms with E-state index in [1.54, 1.807) is 39.0 Å². The van der Waals surface area contributed by atoms with Crippen LogP contribution in [0.1, 0.15) is 39.2 Å². The van der Waals surface area contributed by atoms with Gasteiger partial charge >= 0.3 is 5.97 Å². The molecule has 1 aliphatic carbocycles. The maximum Gasteiger partial charge on any atom is 0.349 e. The summed E-state index contributed by atoms with van der Waals surface area (Å²) in [6.45, 7) is 5.36. The summed E-state index contributed by atoms with van der Waals surface area (Å²) in [5.41, 5.74) is -5.32. The van der Waals surface area contributed by atoms with Crippen LogP contribution in [0, 0.1) is 5.41 Å². The molecular formula is C18H22F2O4. The van der Waals surface area contributed by atoms with Gasteiger partial charge in [-0.25, -0.2) is 13.6 Å². The zero-order chi connectivity index (χ0) is 17.8. The van der Waals surface area contributed by atoms with Gasteiger partial charge in [0.15, 0.2) is 11.8 Å². The Morgan fingerprint density at radius 3 is 2.33 bits per heavy atom. The number of benzene rings is 1. The maximum atomic E-state index is 15.9. The molecule has 24 heavy (non-hydrogen) atoms. The SMILES string of the molecule is CC(C)(C)[C@H]1OC(=O)[C@](c2ccccc2)([C@@]2(F)CCC(O)C2F)O1. The third kappa shape index (κ3) is 2.27. The summed E-state index contributed by atoms with van der Waals surface area (Å²) < 4.78 is 41.6. The topological polar surface area (TPSA) is 55.8 Å². The second-order valence-electron chi connectivity index (χ2n) is 7.64. The van der Waals surface area contributed by atoms with E-state index in [4.69, 9.17) is 9.47 Å². The van der Waals surface area contributed by atoms with Gasteiger partial charge in [0.25, 0.3) is 0 Å². The monoisotopic (exact) mass is 340 g/mol. The minimum absolute atomic E-state index is 0.0803. The van der Waals surface area contributed by atoms with Crippen molar-refractivity contribution in [3.63, 3.8) is 0 Å². The van der Waals surface area contributed by atoms with Gasteiger partial charge in [-0.05, 0) is 18.4 Å². The average Bonchev–Trinajstić information content (AvgIpc) is 3.02.